The Balaban J connectivity index is 0.000000648. The van der Waals surface area contributed by atoms with Crippen molar-refractivity contribution in [2.75, 3.05) is 7.11 Å². The lowest BCUT2D eigenvalue weighted by molar-refractivity contribution is -0.134. The Morgan fingerprint density at radius 1 is 1.33 bits per heavy atom. The topological polar surface area (TPSA) is 59.4 Å². The maximum absolute atomic E-state index is 9.00. The number of aliphatic carboxylic acids is 1. The van der Waals surface area contributed by atoms with Crippen molar-refractivity contribution in [3.8, 4) is 0 Å². The Bertz CT molecular complexity index is 685. The van der Waals surface area contributed by atoms with Gasteiger partial charge in [0.15, 0.2) is 0 Å². The Kier molecular flexibility index (Phi) is 8.50. The lowest BCUT2D eigenvalue weighted by Crippen LogP contribution is -1.98. The molecule has 0 fully saturated rings. The highest BCUT2D eigenvalue weighted by Crippen LogP contribution is 2.22. The SMILES string of the molecule is CC(=O)O.COC=C1C=CC=CC1C=Cc1csc(C=C(C)C)n1. The molecular weight excluding hydrogens is 322 g/mol. The zero-order chi connectivity index (χ0) is 17.9. The van der Waals surface area contributed by atoms with Crippen molar-refractivity contribution < 1.29 is 14.6 Å². The second-order valence-electron chi connectivity index (χ2n) is 5.33. The molecule has 0 spiro atoms. The zero-order valence-corrected chi connectivity index (χ0v) is 15.2. The third kappa shape index (κ3) is 7.74. The molecular formula is C19H23NO3S. The number of hydrogen-bond acceptors (Lipinski definition) is 4. The number of hydrogen-bond donors (Lipinski definition) is 1. The predicted octanol–water partition coefficient (Wildman–Crippen LogP) is 4.94. The van der Waals surface area contributed by atoms with Gasteiger partial charge in [0.1, 0.15) is 5.01 Å². The molecule has 24 heavy (non-hydrogen) atoms. The number of thiazole rings is 1. The van der Waals surface area contributed by atoms with Gasteiger partial charge in [-0.3, -0.25) is 4.79 Å². The van der Waals surface area contributed by atoms with Crippen LogP contribution in [0.2, 0.25) is 0 Å². The van der Waals surface area contributed by atoms with E-state index in [4.69, 9.17) is 14.6 Å². The third-order valence-corrected chi connectivity index (χ3v) is 3.59. The van der Waals surface area contributed by atoms with E-state index < -0.39 is 5.97 Å². The van der Waals surface area contributed by atoms with E-state index in [2.05, 4.69) is 60.7 Å². The van der Waals surface area contributed by atoms with Crippen molar-refractivity contribution in [1.29, 1.82) is 0 Å². The Hall–Kier alpha value is -2.40. The molecule has 1 aromatic heterocycles. The first-order chi connectivity index (χ1) is 11.4. The van der Waals surface area contributed by atoms with Crippen LogP contribution in [0, 0.1) is 5.92 Å². The van der Waals surface area contributed by atoms with Gasteiger partial charge in [-0.2, -0.15) is 0 Å². The van der Waals surface area contributed by atoms with E-state index in [0.29, 0.717) is 0 Å². The summed E-state index contributed by atoms with van der Waals surface area (Å²) in [6.45, 7) is 5.25. The molecule has 4 nitrogen and oxygen atoms in total. The van der Waals surface area contributed by atoms with Gasteiger partial charge >= 0.3 is 0 Å². The van der Waals surface area contributed by atoms with Crippen molar-refractivity contribution >= 4 is 29.5 Å². The van der Waals surface area contributed by atoms with Gasteiger partial charge in [0.05, 0.1) is 19.1 Å². The molecule has 5 heteroatoms. The largest absolute Gasteiger partial charge is 0.504 e. The van der Waals surface area contributed by atoms with Gasteiger partial charge in [-0.15, -0.1) is 11.3 Å². The Morgan fingerprint density at radius 3 is 2.67 bits per heavy atom. The molecule has 0 amide bonds. The molecule has 1 atom stereocenters. The normalized spacial score (nSPS) is 17.5. The molecule has 1 heterocycles. The quantitative estimate of drug-likeness (QED) is 0.785. The average molecular weight is 345 g/mol. The van der Waals surface area contributed by atoms with Crippen molar-refractivity contribution in [3.05, 3.63) is 63.9 Å². The molecule has 0 saturated heterocycles. The maximum Gasteiger partial charge on any atom is 0.300 e. The minimum atomic E-state index is -0.833. The van der Waals surface area contributed by atoms with Crippen LogP contribution in [0.25, 0.3) is 12.2 Å². The smallest absolute Gasteiger partial charge is 0.300 e. The summed E-state index contributed by atoms with van der Waals surface area (Å²) in [5, 5.41) is 10.5. The second kappa shape index (κ2) is 10.4. The number of methoxy groups -OCH3 is 1. The number of carboxylic acid groups (broad SMARTS) is 1. The fourth-order valence-corrected chi connectivity index (χ4v) is 2.73. The van der Waals surface area contributed by atoms with Gasteiger partial charge < -0.3 is 9.84 Å². The molecule has 0 aliphatic heterocycles. The molecule has 2 rings (SSSR count). The van der Waals surface area contributed by atoms with Crippen molar-refractivity contribution in [2.24, 2.45) is 5.92 Å². The van der Waals surface area contributed by atoms with Crippen molar-refractivity contribution in [1.82, 2.24) is 4.98 Å². The van der Waals surface area contributed by atoms with Crippen LogP contribution in [0.15, 0.2) is 53.2 Å². The van der Waals surface area contributed by atoms with Crippen LogP contribution in [-0.4, -0.2) is 23.2 Å². The van der Waals surface area contributed by atoms with Gasteiger partial charge in [-0.1, -0.05) is 36.0 Å². The fraction of sp³-hybridized carbons (Fsp3) is 0.263. The molecule has 1 N–H and O–H groups in total. The minimum Gasteiger partial charge on any atom is -0.504 e. The highest BCUT2D eigenvalue weighted by Gasteiger charge is 2.08. The van der Waals surface area contributed by atoms with Crippen molar-refractivity contribution in [2.45, 2.75) is 20.8 Å². The molecule has 0 aromatic carbocycles. The fourth-order valence-electron chi connectivity index (χ4n) is 1.89. The van der Waals surface area contributed by atoms with Crippen LogP contribution >= 0.6 is 11.3 Å². The van der Waals surface area contributed by atoms with Gasteiger partial charge in [-0.05, 0) is 31.6 Å². The number of aromatic nitrogens is 1. The average Bonchev–Trinajstić information content (AvgIpc) is 2.93. The summed E-state index contributed by atoms with van der Waals surface area (Å²) in [6.07, 6.45) is 16.4. The molecule has 1 unspecified atom stereocenters. The van der Waals surface area contributed by atoms with Crippen LogP contribution in [0.3, 0.4) is 0 Å². The summed E-state index contributed by atoms with van der Waals surface area (Å²) < 4.78 is 5.11. The summed E-state index contributed by atoms with van der Waals surface area (Å²) in [5.41, 5.74) is 3.41. The lowest BCUT2D eigenvalue weighted by atomic mass is 9.95. The lowest BCUT2D eigenvalue weighted by Gasteiger charge is -2.11. The first-order valence-electron chi connectivity index (χ1n) is 7.48. The Morgan fingerprint density at radius 2 is 2.04 bits per heavy atom. The van der Waals surface area contributed by atoms with Crippen LogP contribution in [0.1, 0.15) is 31.5 Å². The van der Waals surface area contributed by atoms with E-state index in [9.17, 15) is 0 Å². The number of rotatable bonds is 4. The van der Waals surface area contributed by atoms with Gasteiger partial charge in [-0.25, -0.2) is 4.98 Å². The van der Waals surface area contributed by atoms with Crippen LogP contribution in [0.4, 0.5) is 0 Å². The molecule has 1 aliphatic rings. The summed E-state index contributed by atoms with van der Waals surface area (Å²) in [6, 6.07) is 0. The molecule has 0 saturated carbocycles. The number of ether oxygens (including phenoxy) is 1. The highest BCUT2D eigenvalue weighted by atomic mass is 32.1. The minimum absolute atomic E-state index is 0.244. The van der Waals surface area contributed by atoms with Crippen LogP contribution in [-0.2, 0) is 9.53 Å². The summed E-state index contributed by atoms with van der Waals surface area (Å²) in [5.74, 6) is -0.589. The second-order valence-corrected chi connectivity index (χ2v) is 6.22. The predicted molar refractivity (Wildman–Crippen MR) is 101 cm³/mol. The van der Waals surface area contributed by atoms with E-state index in [1.165, 1.54) is 5.57 Å². The highest BCUT2D eigenvalue weighted by molar-refractivity contribution is 7.10. The Labute approximate surface area is 147 Å². The third-order valence-electron chi connectivity index (χ3n) is 2.78. The van der Waals surface area contributed by atoms with Gasteiger partial charge in [0.2, 0.25) is 0 Å². The zero-order valence-electron chi connectivity index (χ0n) is 14.4. The monoisotopic (exact) mass is 345 g/mol. The number of carbonyl (C=O) groups is 1. The summed E-state index contributed by atoms with van der Waals surface area (Å²) >= 11 is 1.67. The first kappa shape index (κ1) is 19.6. The number of nitrogens with zero attached hydrogens (tertiary/aromatic N) is 1. The van der Waals surface area contributed by atoms with Gasteiger partial charge in [0, 0.05) is 18.2 Å². The van der Waals surface area contributed by atoms with Gasteiger partial charge in [0.25, 0.3) is 5.97 Å². The standard InChI is InChI=1S/C17H19NOS.C2H4O2/c1-13(2)10-17-18-16(12-20-17)9-8-14-6-4-5-7-15(14)11-19-3;1-2(3)4/h4-12,14H,1-3H3;1H3,(H,3,4). The number of carboxylic acids is 1. The number of allylic oxidation sites excluding steroid dienone is 7. The van der Waals surface area contributed by atoms with E-state index in [0.717, 1.165) is 23.2 Å². The molecule has 1 aromatic rings. The molecule has 0 bridgehead atoms. The van der Waals surface area contributed by atoms with Crippen LogP contribution < -0.4 is 0 Å². The summed E-state index contributed by atoms with van der Waals surface area (Å²) in [7, 11) is 1.67. The van der Waals surface area contributed by atoms with E-state index in [1.54, 1.807) is 24.7 Å². The van der Waals surface area contributed by atoms with E-state index in [1.807, 2.05) is 6.08 Å². The van der Waals surface area contributed by atoms with Crippen molar-refractivity contribution in [3.63, 3.8) is 0 Å². The van der Waals surface area contributed by atoms with E-state index >= 15 is 0 Å². The maximum atomic E-state index is 9.00. The molecule has 128 valence electrons. The van der Waals surface area contributed by atoms with E-state index in [-0.39, 0.29) is 5.92 Å². The first-order valence-corrected chi connectivity index (χ1v) is 8.36. The molecule has 1 aliphatic carbocycles. The van der Waals surface area contributed by atoms with Crippen LogP contribution in [0.5, 0.6) is 0 Å². The summed E-state index contributed by atoms with van der Waals surface area (Å²) in [4.78, 5) is 13.6. The molecule has 0 radical (unpaired) electrons.